The van der Waals surface area contributed by atoms with Crippen molar-refractivity contribution in [3.05, 3.63) is 23.4 Å². The van der Waals surface area contributed by atoms with Crippen molar-refractivity contribution in [2.24, 2.45) is 5.14 Å². The fraction of sp³-hybridized carbons (Fsp3) is 0.286. The summed E-state index contributed by atoms with van der Waals surface area (Å²) in [6, 6.07) is 5.04. The molecule has 78 valence electrons. The molecule has 0 saturated heterocycles. The van der Waals surface area contributed by atoms with Crippen LogP contribution in [0.15, 0.2) is 18.2 Å². The fourth-order valence-electron chi connectivity index (χ4n) is 0.828. The molecule has 0 unspecified atom stereocenters. The minimum Gasteiger partial charge on any atom is -0.369 e. The molecule has 0 atom stereocenters. The zero-order chi connectivity index (χ0) is 10.6. The average molecular weight is 236 g/mol. The topological polar surface area (TPSA) is 85.1 Å². The molecule has 1 aromatic heterocycles. The van der Waals surface area contributed by atoms with Gasteiger partial charge in [0.25, 0.3) is 0 Å². The lowest BCUT2D eigenvalue weighted by atomic mass is 10.4. The van der Waals surface area contributed by atoms with Gasteiger partial charge in [-0.3, -0.25) is 0 Å². The Labute approximate surface area is 87.3 Å². The number of halogens is 1. The maximum atomic E-state index is 10.6. The summed E-state index contributed by atoms with van der Waals surface area (Å²) < 4.78 is 21.2. The molecule has 3 N–H and O–H groups in total. The summed E-state index contributed by atoms with van der Waals surface area (Å²) in [4.78, 5) is 3.91. The van der Waals surface area contributed by atoms with Crippen molar-refractivity contribution >= 4 is 27.4 Å². The van der Waals surface area contributed by atoms with Gasteiger partial charge in [0, 0.05) is 6.54 Å². The summed E-state index contributed by atoms with van der Waals surface area (Å²) in [7, 11) is -3.43. The van der Waals surface area contributed by atoms with E-state index in [1.165, 1.54) is 0 Å². The molecule has 0 bridgehead atoms. The quantitative estimate of drug-likeness (QED) is 0.742. The largest absolute Gasteiger partial charge is 0.369 e. The van der Waals surface area contributed by atoms with Crippen LogP contribution < -0.4 is 10.5 Å². The summed E-state index contributed by atoms with van der Waals surface area (Å²) in [5, 5.41) is 7.95. The van der Waals surface area contributed by atoms with Crippen molar-refractivity contribution in [2.45, 2.75) is 0 Å². The molecule has 0 aromatic carbocycles. The molecular formula is C7H10ClN3O2S. The van der Waals surface area contributed by atoms with Gasteiger partial charge < -0.3 is 5.32 Å². The van der Waals surface area contributed by atoms with Crippen LogP contribution >= 0.6 is 11.6 Å². The van der Waals surface area contributed by atoms with Crippen molar-refractivity contribution in [3.63, 3.8) is 0 Å². The Morgan fingerprint density at radius 1 is 1.50 bits per heavy atom. The van der Waals surface area contributed by atoms with E-state index in [0.717, 1.165) is 0 Å². The number of sulfonamides is 1. The molecule has 7 heteroatoms. The Hall–Kier alpha value is -0.850. The number of hydrogen-bond donors (Lipinski definition) is 2. The number of hydrogen-bond acceptors (Lipinski definition) is 4. The van der Waals surface area contributed by atoms with Gasteiger partial charge in [0.1, 0.15) is 11.0 Å². The van der Waals surface area contributed by atoms with E-state index in [0.29, 0.717) is 11.0 Å². The molecule has 0 saturated carbocycles. The van der Waals surface area contributed by atoms with Crippen LogP contribution in [0.25, 0.3) is 0 Å². The van der Waals surface area contributed by atoms with Crippen molar-refractivity contribution in [1.29, 1.82) is 0 Å². The third-order valence-corrected chi connectivity index (χ3v) is 2.39. The van der Waals surface area contributed by atoms with Gasteiger partial charge in [0.2, 0.25) is 10.0 Å². The van der Waals surface area contributed by atoms with E-state index >= 15 is 0 Å². The Balaban J connectivity index is 2.47. The minimum absolute atomic E-state index is 0.138. The Kier molecular flexibility index (Phi) is 3.68. The second kappa shape index (κ2) is 4.59. The van der Waals surface area contributed by atoms with Gasteiger partial charge in [0.15, 0.2) is 0 Å². The van der Waals surface area contributed by atoms with E-state index in [1.807, 2.05) is 0 Å². The predicted molar refractivity (Wildman–Crippen MR) is 55.7 cm³/mol. The Bertz CT molecular complexity index is 407. The normalized spacial score (nSPS) is 11.3. The summed E-state index contributed by atoms with van der Waals surface area (Å²) in [5.74, 6) is 0.391. The molecule has 5 nitrogen and oxygen atoms in total. The third-order valence-electron chi connectivity index (χ3n) is 1.41. The van der Waals surface area contributed by atoms with Crippen LogP contribution in [0.5, 0.6) is 0 Å². The molecule has 0 fully saturated rings. The van der Waals surface area contributed by atoms with E-state index in [-0.39, 0.29) is 12.3 Å². The summed E-state index contributed by atoms with van der Waals surface area (Å²) in [6.45, 7) is 0.214. The smallest absolute Gasteiger partial charge is 0.210 e. The lowest BCUT2D eigenvalue weighted by Gasteiger charge is -2.03. The molecular weight excluding hydrogens is 226 g/mol. The van der Waals surface area contributed by atoms with Crippen molar-refractivity contribution in [1.82, 2.24) is 4.98 Å². The van der Waals surface area contributed by atoms with E-state index < -0.39 is 10.0 Å². The van der Waals surface area contributed by atoms with E-state index in [4.69, 9.17) is 16.7 Å². The van der Waals surface area contributed by atoms with Crippen LogP contribution in [0.4, 0.5) is 5.82 Å². The van der Waals surface area contributed by atoms with Gasteiger partial charge in [0.05, 0.1) is 5.75 Å². The highest BCUT2D eigenvalue weighted by atomic mass is 35.5. The lowest BCUT2D eigenvalue weighted by molar-refractivity contribution is 0.598. The highest BCUT2D eigenvalue weighted by Crippen LogP contribution is 2.08. The first-order valence-electron chi connectivity index (χ1n) is 3.84. The lowest BCUT2D eigenvalue weighted by Crippen LogP contribution is -2.22. The van der Waals surface area contributed by atoms with Crippen molar-refractivity contribution in [2.75, 3.05) is 17.6 Å². The molecule has 1 heterocycles. The SMILES string of the molecule is NS(=O)(=O)CCNc1cccc(Cl)n1. The summed E-state index contributed by atoms with van der Waals surface area (Å²) in [5.41, 5.74) is 0. The van der Waals surface area contributed by atoms with Gasteiger partial charge in [-0.05, 0) is 12.1 Å². The number of pyridine rings is 1. The fourth-order valence-corrected chi connectivity index (χ4v) is 1.38. The first-order chi connectivity index (χ1) is 6.47. The van der Waals surface area contributed by atoms with Crippen LogP contribution in [0.2, 0.25) is 5.15 Å². The molecule has 0 aliphatic heterocycles. The monoisotopic (exact) mass is 235 g/mol. The predicted octanol–water partition coefficient (Wildman–Crippen LogP) is 0.435. The van der Waals surface area contributed by atoms with E-state index in [9.17, 15) is 8.42 Å². The Morgan fingerprint density at radius 3 is 2.79 bits per heavy atom. The van der Waals surface area contributed by atoms with Crippen LogP contribution in [-0.4, -0.2) is 25.7 Å². The molecule has 0 radical (unpaired) electrons. The van der Waals surface area contributed by atoms with Gasteiger partial charge in [-0.2, -0.15) is 0 Å². The number of rotatable bonds is 4. The first kappa shape index (κ1) is 11.2. The van der Waals surface area contributed by atoms with Gasteiger partial charge in [-0.25, -0.2) is 18.5 Å². The number of anilines is 1. The number of aromatic nitrogens is 1. The highest BCUT2D eigenvalue weighted by Gasteiger charge is 2.01. The highest BCUT2D eigenvalue weighted by molar-refractivity contribution is 7.89. The molecule has 0 aliphatic rings. The van der Waals surface area contributed by atoms with Gasteiger partial charge >= 0.3 is 0 Å². The molecule has 0 aliphatic carbocycles. The second-order valence-corrected chi connectivity index (χ2v) is 4.76. The molecule has 1 aromatic rings. The molecule has 0 amide bonds. The molecule has 14 heavy (non-hydrogen) atoms. The number of nitrogens with zero attached hydrogens (tertiary/aromatic N) is 1. The average Bonchev–Trinajstić information content (AvgIpc) is 2.01. The number of primary sulfonamides is 1. The van der Waals surface area contributed by atoms with Crippen LogP contribution in [-0.2, 0) is 10.0 Å². The Morgan fingerprint density at radius 2 is 2.21 bits per heavy atom. The van der Waals surface area contributed by atoms with Crippen LogP contribution in [0, 0.1) is 0 Å². The van der Waals surface area contributed by atoms with Gasteiger partial charge in [-0.1, -0.05) is 17.7 Å². The second-order valence-electron chi connectivity index (χ2n) is 2.64. The van der Waals surface area contributed by atoms with Crippen LogP contribution in [0.3, 0.4) is 0 Å². The number of nitrogens with two attached hydrogens (primary N) is 1. The summed E-state index contributed by atoms with van der Waals surface area (Å²) in [6.07, 6.45) is 0. The van der Waals surface area contributed by atoms with Crippen LogP contribution in [0.1, 0.15) is 0 Å². The van der Waals surface area contributed by atoms with Gasteiger partial charge in [-0.15, -0.1) is 0 Å². The zero-order valence-corrected chi connectivity index (χ0v) is 8.85. The first-order valence-corrected chi connectivity index (χ1v) is 5.93. The molecule has 1 rings (SSSR count). The summed E-state index contributed by atoms with van der Waals surface area (Å²) >= 11 is 5.62. The maximum Gasteiger partial charge on any atom is 0.210 e. The van der Waals surface area contributed by atoms with E-state index in [1.54, 1.807) is 18.2 Å². The zero-order valence-electron chi connectivity index (χ0n) is 7.27. The minimum atomic E-state index is -3.43. The number of nitrogens with one attached hydrogen (secondary N) is 1. The maximum absolute atomic E-state index is 10.6. The standard InChI is InChI=1S/C7H10ClN3O2S/c8-6-2-1-3-7(11-6)10-4-5-14(9,12)13/h1-3H,4-5H2,(H,10,11)(H2,9,12,13). The van der Waals surface area contributed by atoms with Crippen molar-refractivity contribution in [3.8, 4) is 0 Å². The van der Waals surface area contributed by atoms with Crippen molar-refractivity contribution < 1.29 is 8.42 Å². The molecule has 0 spiro atoms. The van der Waals surface area contributed by atoms with E-state index in [2.05, 4.69) is 10.3 Å². The third kappa shape index (κ3) is 4.40.